The Hall–Kier alpha value is -1.09. The molecule has 1 aromatic carbocycles. The second-order valence-electron chi connectivity index (χ2n) is 5.58. The third-order valence-corrected chi connectivity index (χ3v) is 3.72. The van der Waals surface area contributed by atoms with Gasteiger partial charge in [-0.25, -0.2) is 4.39 Å². The van der Waals surface area contributed by atoms with Gasteiger partial charge in [0.15, 0.2) is 0 Å². The highest BCUT2D eigenvalue weighted by Gasteiger charge is 2.10. The molecule has 0 amide bonds. The number of nitrogens with one attached hydrogen (secondary N) is 1. The van der Waals surface area contributed by atoms with Crippen molar-refractivity contribution < 1.29 is 9.13 Å². The van der Waals surface area contributed by atoms with Crippen molar-refractivity contribution in [3.8, 4) is 5.75 Å². The molecule has 0 aliphatic carbocycles. The van der Waals surface area contributed by atoms with Crippen molar-refractivity contribution in [2.24, 2.45) is 0 Å². The Bertz CT molecular complexity index is 395. The first kappa shape index (κ1) is 18.0. The molecule has 1 rings (SSSR count). The molecule has 0 aromatic heterocycles. The summed E-state index contributed by atoms with van der Waals surface area (Å²) in [4.78, 5) is 0. The molecular formula is C18H30FNO. The van der Waals surface area contributed by atoms with Crippen molar-refractivity contribution in [2.45, 2.75) is 65.3 Å². The first-order valence-corrected chi connectivity index (χ1v) is 8.34. The van der Waals surface area contributed by atoms with Crippen LogP contribution in [0.25, 0.3) is 0 Å². The van der Waals surface area contributed by atoms with Crippen molar-refractivity contribution in [3.63, 3.8) is 0 Å². The lowest BCUT2D eigenvalue weighted by molar-refractivity contribution is 0.302. The number of unbranched alkanes of at least 4 members (excludes halogenated alkanes) is 5. The SMILES string of the molecule is CCCCCCCCOc1ccc(C(C)NCC)c(F)c1. The molecule has 0 saturated heterocycles. The Balaban J connectivity index is 2.31. The Labute approximate surface area is 129 Å². The highest BCUT2D eigenvalue weighted by atomic mass is 19.1. The van der Waals surface area contributed by atoms with Gasteiger partial charge in [0.2, 0.25) is 0 Å². The summed E-state index contributed by atoms with van der Waals surface area (Å²) in [5.41, 5.74) is 0.698. The van der Waals surface area contributed by atoms with E-state index in [9.17, 15) is 4.39 Å². The summed E-state index contributed by atoms with van der Waals surface area (Å²) in [5, 5.41) is 3.22. The molecule has 2 nitrogen and oxygen atoms in total. The van der Waals surface area contributed by atoms with Crippen molar-refractivity contribution in [2.75, 3.05) is 13.2 Å². The number of hydrogen-bond donors (Lipinski definition) is 1. The predicted molar refractivity (Wildman–Crippen MR) is 87.4 cm³/mol. The molecule has 1 aromatic rings. The van der Waals surface area contributed by atoms with Crippen LogP contribution in [0.15, 0.2) is 18.2 Å². The van der Waals surface area contributed by atoms with Gasteiger partial charge in [0.05, 0.1) is 6.61 Å². The molecule has 0 aliphatic heterocycles. The van der Waals surface area contributed by atoms with Gasteiger partial charge in [0, 0.05) is 17.7 Å². The van der Waals surface area contributed by atoms with Crippen LogP contribution in [0.2, 0.25) is 0 Å². The molecule has 1 N–H and O–H groups in total. The maximum atomic E-state index is 14.0. The van der Waals surface area contributed by atoms with Gasteiger partial charge in [-0.2, -0.15) is 0 Å². The largest absolute Gasteiger partial charge is 0.493 e. The van der Waals surface area contributed by atoms with E-state index in [4.69, 9.17) is 4.74 Å². The van der Waals surface area contributed by atoms with Crippen LogP contribution in [0, 0.1) is 5.82 Å². The fraction of sp³-hybridized carbons (Fsp3) is 0.667. The van der Waals surface area contributed by atoms with Crippen LogP contribution in [0.4, 0.5) is 4.39 Å². The summed E-state index contributed by atoms with van der Waals surface area (Å²) < 4.78 is 19.6. The molecule has 0 spiro atoms. The van der Waals surface area contributed by atoms with E-state index < -0.39 is 0 Å². The quantitative estimate of drug-likeness (QED) is 0.564. The predicted octanol–water partition coefficient (Wildman–Crippen LogP) is 5.24. The Morgan fingerprint density at radius 2 is 1.81 bits per heavy atom. The highest BCUT2D eigenvalue weighted by molar-refractivity contribution is 5.30. The highest BCUT2D eigenvalue weighted by Crippen LogP contribution is 2.22. The molecule has 0 saturated carbocycles. The lowest BCUT2D eigenvalue weighted by atomic mass is 10.1. The first-order chi connectivity index (χ1) is 10.2. The average molecular weight is 295 g/mol. The minimum absolute atomic E-state index is 0.0302. The molecule has 1 unspecified atom stereocenters. The van der Waals surface area contributed by atoms with Gasteiger partial charge in [-0.05, 0) is 26.0 Å². The van der Waals surface area contributed by atoms with E-state index in [-0.39, 0.29) is 11.9 Å². The number of halogens is 1. The van der Waals surface area contributed by atoms with Crippen molar-refractivity contribution in [1.29, 1.82) is 0 Å². The second-order valence-corrected chi connectivity index (χ2v) is 5.58. The summed E-state index contributed by atoms with van der Waals surface area (Å²) in [6.45, 7) is 7.72. The third kappa shape index (κ3) is 6.94. The molecule has 0 fully saturated rings. The summed E-state index contributed by atoms with van der Waals surface area (Å²) >= 11 is 0. The van der Waals surface area contributed by atoms with Gasteiger partial charge in [-0.3, -0.25) is 0 Å². The molecule has 1 atom stereocenters. The molecule has 3 heteroatoms. The zero-order chi connectivity index (χ0) is 15.5. The lowest BCUT2D eigenvalue weighted by Gasteiger charge is -2.14. The van der Waals surface area contributed by atoms with Gasteiger partial charge in [0.25, 0.3) is 0 Å². The van der Waals surface area contributed by atoms with E-state index in [1.165, 1.54) is 38.2 Å². The van der Waals surface area contributed by atoms with E-state index in [1.807, 2.05) is 26.0 Å². The van der Waals surface area contributed by atoms with Crippen LogP contribution >= 0.6 is 0 Å². The van der Waals surface area contributed by atoms with Gasteiger partial charge in [-0.15, -0.1) is 0 Å². The summed E-state index contributed by atoms with van der Waals surface area (Å²) in [6, 6.07) is 5.21. The summed E-state index contributed by atoms with van der Waals surface area (Å²) in [7, 11) is 0. The van der Waals surface area contributed by atoms with E-state index in [0.717, 1.165) is 13.0 Å². The van der Waals surface area contributed by atoms with E-state index >= 15 is 0 Å². The van der Waals surface area contributed by atoms with Crippen LogP contribution in [0.5, 0.6) is 5.75 Å². The first-order valence-electron chi connectivity index (χ1n) is 8.34. The molecule has 120 valence electrons. The fourth-order valence-electron chi connectivity index (χ4n) is 2.44. The molecular weight excluding hydrogens is 265 g/mol. The van der Waals surface area contributed by atoms with Crippen LogP contribution in [-0.2, 0) is 0 Å². The Morgan fingerprint density at radius 1 is 1.10 bits per heavy atom. The normalized spacial score (nSPS) is 12.4. The number of benzene rings is 1. The monoisotopic (exact) mass is 295 g/mol. The van der Waals surface area contributed by atoms with Gasteiger partial charge < -0.3 is 10.1 Å². The van der Waals surface area contributed by atoms with Crippen molar-refractivity contribution >= 4 is 0 Å². The minimum Gasteiger partial charge on any atom is -0.493 e. The minimum atomic E-state index is -0.191. The smallest absolute Gasteiger partial charge is 0.131 e. The van der Waals surface area contributed by atoms with Crippen LogP contribution in [-0.4, -0.2) is 13.2 Å². The van der Waals surface area contributed by atoms with Gasteiger partial charge in [-0.1, -0.05) is 52.0 Å². The summed E-state index contributed by atoms with van der Waals surface area (Å²) in [5.74, 6) is 0.442. The van der Waals surface area contributed by atoms with Crippen LogP contribution < -0.4 is 10.1 Å². The van der Waals surface area contributed by atoms with E-state index in [1.54, 1.807) is 0 Å². The number of ether oxygens (including phenoxy) is 1. The van der Waals surface area contributed by atoms with Crippen molar-refractivity contribution in [3.05, 3.63) is 29.6 Å². The third-order valence-electron chi connectivity index (χ3n) is 3.72. The molecule has 0 heterocycles. The van der Waals surface area contributed by atoms with Gasteiger partial charge >= 0.3 is 0 Å². The van der Waals surface area contributed by atoms with E-state index in [0.29, 0.717) is 17.9 Å². The van der Waals surface area contributed by atoms with Crippen LogP contribution in [0.1, 0.15) is 70.9 Å². The second kappa shape index (κ2) is 10.6. The standard InChI is InChI=1S/C18H30FNO/c1-4-6-7-8-9-10-13-21-16-11-12-17(18(19)14-16)15(3)20-5-2/h11-12,14-15,20H,4-10,13H2,1-3H3. The Morgan fingerprint density at radius 3 is 2.48 bits per heavy atom. The molecule has 0 radical (unpaired) electrons. The zero-order valence-electron chi connectivity index (χ0n) is 13.8. The maximum absolute atomic E-state index is 14.0. The lowest BCUT2D eigenvalue weighted by Crippen LogP contribution is -2.18. The van der Waals surface area contributed by atoms with Crippen LogP contribution in [0.3, 0.4) is 0 Å². The number of rotatable bonds is 11. The molecule has 0 aliphatic rings. The fourth-order valence-corrected chi connectivity index (χ4v) is 2.44. The van der Waals surface area contributed by atoms with E-state index in [2.05, 4.69) is 12.2 Å². The molecule has 21 heavy (non-hydrogen) atoms. The zero-order valence-corrected chi connectivity index (χ0v) is 13.8. The molecule has 0 bridgehead atoms. The number of hydrogen-bond acceptors (Lipinski definition) is 2. The van der Waals surface area contributed by atoms with Gasteiger partial charge in [0.1, 0.15) is 11.6 Å². The maximum Gasteiger partial charge on any atom is 0.131 e. The Kier molecular flexibility index (Phi) is 9.07. The van der Waals surface area contributed by atoms with Crippen molar-refractivity contribution in [1.82, 2.24) is 5.32 Å². The summed E-state index contributed by atoms with van der Waals surface area (Å²) in [6.07, 6.45) is 7.40. The topological polar surface area (TPSA) is 21.3 Å². The average Bonchev–Trinajstić information content (AvgIpc) is 2.46.